The molecule has 3 aromatic rings. The van der Waals surface area contributed by atoms with E-state index < -0.39 is 0 Å². The maximum Gasteiger partial charge on any atom is 0.180 e. The molecule has 0 spiro atoms. The number of hydrogen-bond acceptors (Lipinski definition) is 7. The predicted octanol–water partition coefficient (Wildman–Crippen LogP) is 1.39. The summed E-state index contributed by atoms with van der Waals surface area (Å²) in [6.45, 7) is 2.66. The topological polar surface area (TPSA) is 93.2 Å². The molecule has 19 heavy (non-hydrogen) atoms. The lowest BCUT2D eigenvalue weighted by molar-refractivity contribution is 1.06. The lowest BCUT2D eigenvalue weighted by atomic mass is 10.4. The maximum atomic E-state index is 5.41. The summed E-state index contributed by atoms with van der Waals surface area (Å²) in [5.74, 6) is 6.68. The van der Waals surface area contributed by atoms with E-state index in [2.05, 4.69) is 25.7 Å². The normalized spacial score (nSPS) is 10.8. The molecule has 0 unspecified atom stereocenters. The van der Waals surface area contributed by atoms with Gasteiger partial charge in [0.25, 0.3) is 0 Å². The zero-order valence-electron chi connectivity index (χ0n) is 10.3. The first-order valence-electron chi connectivity index (χ1n) is 5.71. The highest BCUT2D eigenvalue weighted by Crippen LogP contribution is 2.18. The van der Waals surface area contributed by atoms with Gasteiger partial charge in [0.1, 0.15) is 0 Å². The van der Waals surface area contributed by atoms with Crippen LogP contribution in [0.2, 0.25) is 0 Å². The molecule has 0 fully saturated rings. The Morgan fingerprint density at radius 3 is 3.05 bits per heavy atom. The van der Waals surface area contributed by atoms with Crippen molar-refractivity contribution in [2.24, 2.45) is 5.84 Å². The molecular weight excluding hydrogens is 262 g/mol. The molecule has 0 aliphatic rings. The van der Waals surface area contributed by atoms with Crippen molar-refractivity contribution in [2.75, 3.05) is 10.7 Å². The lowest BCUT2D eigenvalue weighted by Gasteiger charge is -2.08. The van der Waals surface area contributed by atoms with Crippen LogP contribution in [0.1, 0.15) is 10.6 Å². The van der Waals surface area contributed by atoms with E-state index in [0.29, 0.717) is 18.2 Å². The Labute approximate surface area is 113 Å². The van der Waals surface area contributed by atoms with Crippen LogP contribution < -0.4 is 16.6 Å². The Morgan fingerprint density at radius 1 is 1.42 bits per heavy atom. The zero-order valence-corrected chi connectivity index (χ0v) is 11.1. The summed E-state index contributed by atoms with van der Waals surface area (Å²) < 4.78 is 1.87. The second kappa shape index (κ2) is 4.82. The maximum absolute atomic E-state index is 5.41. The molecule has 0 saturated carbocycles. The van der Waals surface area contributed by atoms with E-state index in [9.17, 15) is 0 Å². The first-order valence-corrected chi connectivity index (χ1v) is 6.59. The minimum Gasteiger partial charge on any atom is -0.362 e. The number of aromatic nitrogens is 4. The van der Waals surface area contributed by atoms with Gasteiger partial charge in [0.2, 0.25) is 0 Å². The van der Waals surface area contributed by atoms with Crippen molar-refractivity contribution >= 4 is 28.6 Å². The number of nitrogen functional groups attached to an aromatic ring is 1. The van der Waals surface area contributed by atoms with Crippen LogP contribution in [0.15, 0.2) is 24.1 Å². The molecule has 0 aromatic carbocycles. The first-order chi connectivity index (χ1) is 9.28. The summed E-state index contributed by atoms with van der Waals surface area (Å²) >= 11 is 1.62. The van der Waals surface area contributed by atoms with Gasteiger partial charge in [-0.25, -0.2) is 20.8 Å². The Morgan fingerprint density at radius 2 is 2.32 bits per heavy atom. The summed E-state index contributed by atoms with van der Waals surface area (Å²) in [6, 6.07) is 0. The average Bonchev–Trinajstić information content (AvgIpc) is 3.04. The van der Waals surface area contributed by atoms with Crippen molar-refractivity contribution in [3.05, 3.63) is 34.7 Å². The number of fused-ring (bicyclic) bond motifs is 1. The van der Waals surface area contributed by atoms with Crippen LogP contribution in [-0.2, 0) is 6.54 Å². The second-order valence-electron chi connectivity index (χ2n) is 3.99. The number of aryl methyl sites for hydroxylation is 1. The van der Waals surface area contributed by atoms with Crippen molar-refractivity contribution in [3.63, 3.8) is 0 Å². The highest BCUT2D eigenvalue weighted by molar-refractivity contribution is 7.09. The van der Waals surface area contributed by atoms with E-state index in [1.807, 2.05) is 23.0 Å². The van der Waals surface area contributed by atoms with E-state index in [-0.39, 0.29) is 0 Å². The fourth-order valence-corrected chi connectivity index (χ4v) is 2.50. The molecule has 0 amide bonds. The van der Waals surface area contributed by atoms with Gasteiger partial charge in [-0.15, -0.1) is 11.3 Å². The van der Waals surface area contributed by atoms with Crippen LogP contribution >= 0.6 is 11.3 Å². The van der Waals surface area contributed by atoms with E-state index >= 15 is 0 Å². The third-order valence-corrected chi connectivity index (χ3v) is 3.72. The quantitative estimate of drug-likeness (QED) is 0.492. The highest BCUT2D eigenvalue weighted by Gasteiger charge is 2.08. The van der Waals surface area contributed by atoms with Gasteiger partial charge < -0.3 is 15.1 Å². The van der Waals surface area contributed by atoms with Crippen LogP contribution in [0.4, 0.5) is 11.6 Å². The third-order valence-electron chi connectivity index (χ3n) is 2.78. The van der Waals surface area contributed by atoms with Gasteiger partial charge in [0.15, 0.2) is 17.3 Å². The Bertz CT molecular complexity index is 702. The molecule has 0 aliphatic heterocycles. The van der Waals surface area contributed by atoms with E-state index in [1.165, 1.54) is 4.88 Å². The van der Waals surface area contributed by atoms with Crippen LogP contribution in [-0.4, -0.2) is 19.4 Å². The molecule has 98 valence electrons. The minimum absolute atomic E-state index is 0.578. The number of nitrogens with one attached hydrogen (secondary N) is 2. The number of thiazole rings is 1. The second-order valence-corrected chi connectivity index (χ2v) is 4.93. The number of nitrogens with zero attached hydrogens (tertiary/aromatic N) is 4. The summed E-state index contributed by atoms with van der Waals surface area (Å²) in [5, 5.41) is 3.27. The molecule has 4 N–H and O–H groups in total. The Hall–Kier alpha value is -2.19. The third kappa shape index (κ3) is 2.23. The highest BCUT2D eigenvalue weighted by atomic mass is 32.1. The van der Waals surface area contributed by atoms with Gasteiger partial charge in [0.05, 0.1) is 23.9 Å². The van der Waals surface area contributed by atoms with E-state index in [4.69, 9.17) is 5.84 Å². The number of nitrogens with two attached hydrogens (primary N) is 1. The standard InChI is InChI=1S/C11H13N7S/c1-7-8(19-6-15-7)4-14-10-11-13-2-3-18(11)5-9(16-10)17-12/h2-3,5-6,17H,4,12H2,1H3,(H,14,16). The molecule has 3 aromatic heterocycles. The number of imidazole rings is 1. The van der Waals surface area contributed by atoms with Crippen LogP contribution in [0, 0.1) is 6.92 Å². The van der Waals surface area contributed by atoms with Crippen molar-refractivity contribution in [1.82, 2.24) is 19.4 Å². The van der Waals surface area contributed by atoms with Crippen molar-refractivity contribution < 1.29 is 0 Å². The fraction of sp³-hybridized carbons (Fsp3) is 0.182. The van der Waals surface area contributed by atoms with Gasteiger partial charge in [-0.3, -0.25) is 0 Å². The lowest BCUT2D eigenvalue weighted by Crippen LogP contribution is -2.12. The minimum atomic E-state index is 0.578. The molecule has 0 atom stereocenters. The van der Waals surface area contributed by atoms with E-state index in [0.717, 1.165) is 11.3 Å². The Kier molecular flexibility index (Phi) is 3.02. The Balaban J connectivity index is 1.91. The largest absolute Gasteiger partial charge is 0.362 e. The number of anilines is 2. The van der Waals surface area contributed by atoms with E-state index in [1.54, 1.807) is 23.7 Å². The average molecular weight is 275 g/mol. The van der Waals surface area contributed by atoms with Crippen LogP contribution in [0.25, 0.3) is 5.65 Å². The van der Waals surface area contributed by atoms with Crippen molar-refractivity contribution in [1.29, 1.82) is 0 Å². The van der Waals surface area contributed by atoms with Crippen LogP contribution in [0.5, 0.6) is 0 Å². The number of rotatable bonds is 4. The van der Waals surface area contributed by atoms with Crippen molar-refractivity contribution in [3.8, 4) is 0 Å². The SMILES string of the molecule is Cc1ncsc1CNc1nc(NN)cn2ccnc12. The zero-order chi connectivity index (χ0) is 13.2. The molecule has 0 radical (unpaired) electrons. The molecular formula is C11H13N7S. The predicted molar refractivity (Wildman–Crippen MR) is 75.0 cm³/mol. The molecule has 7 nitrogen and oxygen atoms in total. The van der Waals surface area contributed by atoms with Gasteiger partial charge in [-0.1, -0.05) is 0 Å². The summed E-state index contributed by atoms with van der Waals surface area (Å²) in [7, 11) is 0. The summed E-state index contributed by atoms with van der Waals surface area (Å²) in [5.41, 5.74) is 6.18. The summed E-state index contributed by atoms with van der Waals surface area (Å²) in [4.78, 5) is 14.0. The fourth-order valence-electron chi connectivity index (χ4n) is 1.78. The van der Waals surface area contributed by atoms with Gasteiger partial charge in [-0.2, -0.15) is 0 Å². The monoisotopic (exact) mass is 275 g/mol. The number of hydrogen-bond donors (Lipinski definition) is 3. The smallest absolute Gasteiger partial charge is 0.180 e. The van der Waals surface area contributed by atoms with Gasteiger partial charge in [0, 0.05) is 17.3 Å². The van der Waals surface area contributed by atoms with Gasteiger partial charge >= 0.3 is 0 Å². The molecule has 8 heteroatoms. The molecule has 3 heterocycles. The molecule has 0 saturated heterocycles. The van der Waals surface area contributed by atoms with Crippen molar-refractivity contribution in [2.45, 2.75) is 13.5 Å². The number of hydrazine groups is 1. The first kappa shape index (κ1) is 11.9. The molecule has 3 rings (SSSR count). The molecule has 0 bridgehead atoms. The van der Waals surface area contributed by atoms with Gasteiger partial charge in [-0.05, 0) is 6.92 Å². The molecule has 0 aliphatic carbocycles. The van der Waals surface area contributed by atoms with Crippen LogP contribution in [0.3, 0.4) is 0 Å². The summed E-state index contributed by atoms with van der Waals surface area (Å²) in [6.07, 6.45) is 5.35.